The Bertz CT molecular complexity index is 645. The fourth-order valence-corrected chi connectivity index (χ4v) is 3.92. The van der Waals surface area contributed by atoms with E-state index >= 15 is 0 Å². The lowest BCUT2D eigenvalue weighted by Gasteiger charge is -2.13. The Hall–Kier alpha value is -1.30. The van der Waals surface area contributed by atoms with Crippen LogP contribution in [0.25, 0.3) is 0 Å². The molecular weight excluding hydrogens is 308 g/mol. The van der Waals surface area contributed by atoms with E-state index in [1.807, 2.05) is 6.92 Å². The Labute approximate surface area is 142 Å². The lowest BCUT2D eigenvalue weighted by atomic mass is 10.1. The minimum Gasteiger partial charge on any atom is -0.394 e. The van der Waals surface area contributed by atoms with Crippen LogP contribution in [0.4, 0.5) is 0 Å². The Balaban J connectivity index is 2.37. The number of aromatic nitrogens is 2. The van der Waals surface area contributed by atoms with Crippen LogP contribution in [0.3, 0.4) is 0 Å². The molecule has 126 valence electrons. The van der Waals surface area contributed by atoms with Crippen molar-refractivity contribution in [1.82, 2.24) is 9.55 Å². The molecule has 2 aromatic rings. The Kier molecular flexibility index (Phi) is 6.27. The minimum atomic E-state index is 0.0321. The molecule has 0 saturated heterocycles. The summed E-state index contributed by atoms with van der Waals surface area (Å²) in [4.78, 5) is 5.94. The first-order valence-electron chi connectivity index (χ1n) is 7.94. The summed E-state index contributed by atoms with van der Waals surface area (Å²) in [6.45, 7) is 11.3. The van der Waals surface area contributed by atoms with Crippen LogP contribution >= 0.6 is 11.8 Å². The lowest BCUT2D eigenvalue weighted by Crippen LogP contribution is -2.08. The molecule has 0 amide bonds. The van der Waals surface area contributed by atoms with Gasteiger partial charge in [0.15, 0.2) is 0 Å². The quantitative estimate of drug-likeness (QED) is 0.776. The third-order valence-electron chi connectivity index (χ3n) is 3.55. The first-order valence-corrected chi connectivity index (χ1v) is 8.75. The van der Waals surface area contributed by atoms with Crippen molar-refractivity contribution in [2.75, 3.05) is 13.2 Å². The zero-order valence-electron chi connectivity index (χ0n) is 14.6. The van der Waals surface area contributed by atoms with Crippen molar-refractivity contribution in [3.8, 4) is 0 Å². The van der Waals surface area contributed by atoms with Crippen molar-refractivity contribution < 1.29 is 9.84 Å². The van der Waals surface area contributed by atoms with Gasteiger partial charge in [0.2, 0.25) is 0 Å². The van der Waals surface area contributed by atoms with Gasteiger partial charge in [0.05, 0.1) is 18.9 Å². The maximum absolute atomic E-state index is 8.92. The van der Waals surface area contributed by atoms with Crippen LogP contribution in [0, 0.1) is 20.8 Å². The molecule has 4 nitrogen and oxygen atoms in total. The highest BCUT2D eigenvalue weighted by atomic mass is 32.2. The molecule has 2 rings (SSSR count). The van der Waals surface area contributed by atoms with Gasteiger partial charge in [0.1, 0.15) is 17.6 Å². The van der Waals surface area contributed by atoms with Gasteiger partial charge in [-0.05, 0) is 49.9 Å². The number of imidazole rings is 1. The van der Waals surface area contributed by atoms with Crippen molar-refractivity contribution in [3.63, 3.8) is 0 Å². The SMILES string of the molecule is Cc1cc(C)cc(Sc2c(C(C)C)nc(C)n2COCCO)c1. The highest BCUT2D eigenvalue weighted by molar-refractivity contribution is 7.99. The number of hydrogen-bond acceptors (Lipinski definition) is 4. The zero-order valence-corrected chi connectivity index (χ0v) is 15.4. The van der Waals surface area contributed by atoms with E-state index in [0.29, 0.717) is 19.3 Å². The van der Waals surface area contributed by atoms with Crippen LogP contribution in [0.15, 0.2) is 28.1 Å². The Morgan fingerprint density at radius 1 is 1.17 bits per heavy atom. The third kappa shape index (κ3) is 4.59. The highest BCUT2D eigenvalue weighted by Crippen LogP contribution is 2.35. The molecule has 0 aliphatic heterocycles. The summed E-state index contributed by atoms with van der Waals surface area (Å²) in [5.74, 6) is 1.29. The summed E-state index contributed by atoms with van der Waals surface area (Å²) in [6.07, 6.45) is 0. The largest absolute Gasteiger partial charge is 0.394 e. The molecule has 1 aromatic heterocycles. The second-order valence-corrected chi connectivity index (χ2v) is 7.18. The first-order chi connectivity index (χ1) is 10.9. The molecule has 0 unspecified atom stereocenters. The second kappa shape index (κ2) is 7.99. The van der Waals surface area contributed by atoms with E-state index in [1.165, 1.54) is 16.0 Å². The van der Waals surface area contributed by atoms with E-state index in [1.54, 1.807) is 11.8 Å². The molecule has 0 fully saturated rings. The molecular formula is C18H26N2O2S. The summed E-state index contributed by atoms with van der Waals surface area (Å²) in [5, 5.41) is 10.0. The van der Waals surface area contributed by atoms with Crippen molar-refractivity contribution in [1.29, 1.82) is 0 Å². The molecule has 0 atom stereocenters. The van der Waals surface area contributed by atoms with Gasteiger partial charge in [-0.25, -0.2) is 4.98 Å². The highest BCUT2D eigenvalue weighted by Gasteiger charge is 2.18. The van der Waals surface area contributed by atoms with Crippen molar-refractivity contribution in [3.05, 3.63) is 40.8 Å². The molecule has 1 aromatic carbocycles. The van der Waals surface area contributed by atoms with Gasteiger partial charge in [0.25, 0.3) is 0 Å². The predicted molar refractivity (Wildman–Crippen MR) is 94.1 cm³/mol. The van der Waals surface area contributed by atoms with E-state index in [2.05, 4.69) is 50.5 Å². The molecule has 1 N–H and O–H groups in total. The standard InChI is InChI=1S/C18H26N2O2S/c1-12(2)17-18(20(15(5)19-17)11-22-7-6-21)23-16-9-13(3)8-14(4)10-16/h8-10,12,21H,6-7,11H2,1-5H3. The van der Waals surface area contributed by atoms with Gasteiger partial charge in [0, 0.05) is 4.90 Å². The summed E-state index contributed by atoms with van der Waals surface area (Å²) < 4.78 is 7.62. The van der Waals surface area contributed by atoms with Crippen molar-refractivity contribution in [2.45, 2.75) is 57.2 Å². The lowest BCUT2D eigenvalue weighted by molar-refractivity contribution is 0.0432. The molecule has 0 spiro atoms. The van der Waals surface area contributed by atoms with Crippen LogP contribution < -0.4 is 0 Å². The smallest absolute Gasteiger partial charge is 0.125 e. The summed E-state index contributed by atoms with van der Waals surface area (Å²) in [7, 11) is 0. The number of aliphatic hydroxyl groups is 1. The van der Waals surface area contributed by atoms with Gasteiger partial charge >= 0.3 is 0 Å². The van der Waals surface area contributed by atoms with Crippen LogP contribution in [0.5, 0.6) is 0 Å². The van der Waals surface area contributed by atoms with E-state index in [9.17, 15) is 0 Å². The van der Waals surface area contributed by atoms with Gasteiger partial charge in [-0.2, -0.15) is 0 Å². The molecule has 5 heteroatoms. The number of nitrogens with zero attached hydrogens (tertiary/aromatic N) is 2. The van der Waals surface area contributed by atoms with Gasteiger partial charge in [-0.3, -0.25) is 4.57 Å². The molecule has 0 aliphatic carbocycles. The number of benzene rings is 1. The van der Waals surface area contributed by atoms with Crippen LogP contribution in [-0.4, -0.2) is 27.9 Å². The molecule has 0 aliphatic rings. The number of aryl methyl sites for hydroxylation is 3. The van der Waals surface area contributed by atoms with Gasteiger partial charge in [-0.15, -0.1) is 0 Å². The summed E-state index contributed by atoms with van der Waals surface area (Å²) in [6, 6.07) is 6.58. The molecule has 0 saturated carbocycles. The van der Waals surface area contributed by atoms with Gasteiger partial charge < -0.3 is 9.84 Å². The van der Waals surface area contributed by atoms with E-state index in [-0.39, 0.29) is 6.61 Å². The number of hydrogen-bond donors (Lipinski definition) is 1. The summed E-state index contributed by atoms with van der Waals surface area (Å²) in [5.41, 5.74) is 3.62. The topological polar surface area (TPSA) is 47.3 Å². The fourth-order valence-electron chi connectivity index (χ4n) is 2.53. The number of ether oxygens (including phenoxy) is 1. The maximum Gasteiger partial charge on any atom is 0.125 e. The average Bonchev–Trinajstić information content (AvgIpc) is 2.75. The monoisotopic (exact) mass is 334 g/mol. The second-order valence-electron chi connectivity index (χ2n) is 6.12. The van der Waals surface area contributed by atoms with Crippen molar-refractivity contribution in [2.24, 2.45) is 0 Å². The number of rotatable bonds is 7. The fraction of sp³-hybridized carbons (Fsp3) is 0.500. The first kappa shape index (κ1) is 18.0. The van der Waals surface area contributed by atoms with Crippen molar-refractivity contribution >= 4 is 11.8 Å². The van der Waals surface area contributed by atoms with Gasteiger partial charge in [-0.1, -0.05) is 31.7 Å². The minimum absolute atomic E-state index is 0.0321. The molecule has 0 radical (unpaired) electrons. The van der Waals surface area contributed by atoms with Crippen LogP contribution in [0.2, 0.25) is 0 Å². The zero-order chi connectivity index (χ0) is 17.0. The molecule has 1 heterocycles. The maximum atomic E-state index is 8.92. The third-order valence-corrected chi connectivity index (χ3v) is 4.64. The van der Waals surface area contributed by atoms with Crippen LogP contribution in [0.1, 0.15) is 42.4 Å². The van der Waals surface area contributed by atoms with E-state index in [4.69, 9.17) is 14.8 Å². The van der Waals surface area contributed by atoms with Crippen LogP contribution in [-0.2, 0) is 11.5 Å². The number of aliphatic hydroxyl groups excluding tert-OH is 1. The normalized spacial score (nSPS) is 11.4. The Morgan fingerprint density at radius 2 is 1.83 bits per heavy atom. The molecule has 0 bridgehead atoms. The van der Waals surface area contributed by atoms with E-state index < -0.39 is 0 Å². The summed E-state index contributed by atoms with van der Waals surface area (Å²) >= 11 is 1.73. The average molecular weight is 334 g/mol. The molecule has 23 heavy (non-hydrogen) atoms. The Morgan fingerprint density at radius 3 is 2.39 bits per heavy atom. The predicted octanol–water partition coefficient (Wildman–Crippen LogP) is 4.05. The van der Waals surface area contributed by atoms with E-state index in [0.717, 1.165) is 16.5 Å².